The molecule has 0 fully saturated rings. The summed E-state index contributed by atoms with van der Waals surface area (Å²) in [5.41, 5.74) is 1.08. The van der Waals surface area contributed by atoms with E-state index in [2.05, 4.69) is 15.0 Å². The molecule has 2 heterocycles. The molecule has 0 radical (unpaired) electrons. The van der Waals surface area contributed by atoms with Crippen molar-refractivity contribution in [1.82, 2.24) is 19.7 Å². The molecule has 0 N–H and O–H groups in total. The molecule has 2 aromatic heterocycles. The van der Waals surface area contributed by atoms with Crippen molar-refractivity contribution in [1.29, 1.82) is 0 Å². The molecule has 0 atom stereocenters. The minimum absolute atomic E-state index is 0. The second kappa shape index (κ2) is 9.45. The van der Waals surface area contributed by atoms with Crippen molar-refractivity contribution in [3.05, 3.63) is 42.0 Å². The molecule has 3 aromatic rings. The number of carbonyl (C=O) groups excluding carboxylic acids is 1. The Morgan fingerprint density at radius 3 is 2.64 bits per heavy atom. The van der Waals surface area contributed by atoms with Gasteiger partial charge in [-0.05, 0) is 65.2 Å². The molecule has 0 unspecified atom stereocenters. The molecule has 0 bridgehead atoms. The highest BCUT2D eigenvalue weighted by molar-refractivity contribution is 7.22. The number of rotatable bonds is 7. The molecule has 0 aliphatic heterocycles. The second-order valence-electron chi connectivity index (χ2n) is 7.00. The van der Waals surface area contributed by atoms with Gasteiger partial charge in [-0.15, -0.1) is 12.4 Å². The fraction of sp³-hybridized carbons (Fsp3) is 0.421. The van der Waals surface area contributed by atoms with Gasteiger partial charge < -0.3 is 4.90 Å². The largest absolute Gasteiger partial charge is 0.309 e. The van der Waals surface area contributed by atoms with E-state index in [1.807, 2.05) is 34.1 Å². The number of aromatic nitrogens is 3. The first-order chi connectivity index (χ1) is 12.8. The molecule has 1 aromatic carbocycles. The van der Waals surface area contributed by atoms with Crippen LogP contribution in [0.15, 0.2) is 30.5 Å². The maximum Gasteiger partial charge on any atom is 0.280 e. The minimum Gasteiger partial charge on any atom is -0.309 e. The van der Waals surface area contributed by atoms with Gasteiger partial charge in [0, 0.05) is 18.8 Å². The number of fused-ring (bicyclic) bond motifs is 1. The first-order valence-electron chi connectivity index (χ1n) is 8.93. The molecule has 1 amide bonds. The Labute approximate surface area is 174 Å². The lowest BCUT2D eigenvalue weighted by atomic mass is 10.3. The Hall–Kier alpha value is -2.03. The maximum absolute atomic E-state index is 13.5. The van der Waals surface area contributed by atoms with Gasteiger partial charge in [-0.25, -0.2) is 9.37 Å². The lowest BCUT2D eigenvalue weighted by Gasteiger charge is -2.20. The molecule has 152 valence electrons. The minimum atomic E-state index is -0.307. The number of hydrogen-bond acceptors (Lipinski definition) is 5. The van der Waals surface area contributed by atoms with E-state index in [0.717, 1.165) is 17.7 Å². The van der Waals surface area contributed by atoms with Gasteiger partial charge in [0.2, 0.25) is 0 Å². The van der Waals surface area contributed by atoms with Gasteiger partial charge in [0.1, 0.15) is 5.82 Å². The Bertz CT molecular complexity index is 939. The monoisotopic (exact) mass is 425 g/mol. The van der Waals surface area contributed by atoms with Gasteiger partial charge in [0.05, 0.1) is 10.2 Å². The summed E-state index contributed by atoms with van der Waals surface area (Å²) >= 11 is 1.32. The molecular formula is C19H25ClFN5OS. The molecular weight excluding hydrogens is 401 g/mol. The van der Waals surface area contributed by atoms with E-state index in [9.17, 15) is 9.18 Å². The number of halogens is 2. The summed E-state index contributed by atoms with van der Waals surface area (Å²) in [4.78, 5) is 21.4. The zero-order valence-electron chi connectivity index (χ0n) is 16.4. The number of carbonyl (C=O) groups is 1. The van der Waals surface area contributed by atoms with Crippen LogP contribution in [0.1, 0.15) is 36.8 Å². The topological polar surface area (TPSA) is 54.3 Å². The van der Waals surface area contributed by atoms with Crippen LogP contribution in [0.2, 0.25) is 0 Å². The van der Waals surface area contributed by atoms with Crippen LogP contribution < -0.4 is 4.90 Å². The summed E-state index contributed by atoms with van der Waals surface area (Å²) in [5, 5.41) is 4.97. The molecule has 28 heavy (non-hydrogen) atoms. The molecule has 0 saturated carbocycles. The number of hydrogen-bond donors (Lipinski definition) is 0. The van der Waals surface area contributed by atoms with Crippen LogP contribution in [-0.4, -0.2) is 52.8 Å². The van der Waals surface area contributed by atoms with Crippen LogP contribution in [0.3, 0.4) is 0 Å². The highest BCUT2D eigenvalue weighted by atomic mass is 35.5. The fourth-order valence-corrected chi connectivity index (χ4v) is 3.72. The summed E-state index contributed by atoms with van der Waals surface area (Å²) < 4.78 is 16.0. The van der Waals surface area contributed by atoms with Crippen LogP contribution in [0.4, 0.5) is 9.52 Å². The van der Waals surface area contributed by atoms with Gasteiger partial charge in [-0.2, -0.15) is 5.10 Å². The van der Waals surface area contributed by atoms with Gasteiger partial charge in [0.15, 0.2) is 10.8 Å². The number of amides is 1. The van der Waals surface area contributed by atoms with Gasteiger partial charge in [-0.1, -0.05) is 11.3 Å². The fourth-order valence-electron chi connectivity index (χ4n) is 2.71. The first kappa shape index (κ1) is 22.3. The Balaban J connectivity index is 0.00000280. The second-order valence-corrected chi connectivity index (χ2v) is 8.01. The van der Waals surface area contributed by atoms with Crippen molar-refractivity contribution in [3.63, 3.8) is 0 Å². The molecule has 0 aliphatic carbocycles. The van der Waals surface area contributed by atoms with Crippen LogP contribution in [0.25, 0.3) is 10.2 Å². The average molecular weight is 426 g/mol. The van der Waals surface area contributed by atoms with Gasteiger partial charge in [-0.3, -0.25) is 14.4 Å². The summed E-state index contributed by atoms with van der Waals surface area (Å²) in [6, 6.07) is 6.38. The van der Waals surface area contributed by atoms with Crippen molar-refractivity contribution in [3.8, 4) is 0 Å². The van der Waals surface area contributed by atoms with E-state index in [0.29, 0.717) is 22.9 Å². The van der Waals surface area contributed by atoms with Crippen LogP contribution >= 0.6 is 23.7 Å². The van der Waals surface area contributed by atoms with Crippen molar-refractivity contribution >= 4 is 45.0 Å². The van der Waals surface area contributed by atoms with E-state index in [1.54, 1.807) is 21.7 Å². The first-order valence-corrected chi connectivity index (χ1v) is 9.74. The molecule has 3 rings (SSSR count). The lowest BCUT2D eigenvalue weighted by molar-refractivity contribution is 0.0980. The van der Waals surface area contributed by atoms with Crippen LogP contribution in [0.5, 0.6) is 0 Å². The van der Waals surface area contributed by atoms with Crippen LogP contribution in [-0.2, 0) is 0 Å². The average Bonchev–Trinajstić information content (AvgIpc) is 3.24. The quantitative estimate of drug-likeness (QED) is 0.568. The van der Waals surface area contributed by atoms with Crippen LogP contribution in [0, 0.1) is 5.82 Å². The standard InChI is InChI=1S/C19H24FN5OS.ClH/c1-13(2)25-11-8-16(22-25)18(26)24(10-5-9-23(3)4)19-21-15-7-6-14(20)12-17(15)27-19;/h6-8,11-13H,5,9-10H2,1-4H3;1H. The predicted molar refractivity (Wildman–Crippen MR) is 114 cm³/mol. The SMILES string of the molecule is CC(C)n1ccc(C(=O)N(CCCN(C)C)c2nc3ccc(F)cc3s2)n1.Cl. The maximum atomic E-state index is 13.5. The zero-order chi connectivity index (χ0) is 19.6. The summed E-state index contributed by atoms with van der Waals surface area (Å²) in [5.74, 6) is -0.494. The number of thiazole rings is 1. The molecule has 0 spiro atoms. The number of nitrogens with zero attached hydrogens (tertiary/aromatic N) is 5. The smallest absolute Gasteiger partial charge is 0.280 e. The van der Waals surface area contributed by atoms with E-state index in [-0.39, 0.29) is 30.2 Å². The van der Waals surface area contributed by atoms with Gasteiger partial charge in [0.25, 0.3) is 5.91 Å². The zero-order valence-corrected chi connectivity index (χ0v) is 18.1. The number of benzene rings is 1. The summed E-state index contributed by atoms with van der Waals surface area (Å²) in [6.07, 6.45) is 2.61. The normalized spacial score (nSPS) is 11.2. The van der Waals surface area contributed by atoms with E-state index >= 15 is 0 Å². The summed E-state index contributed by atoms with van der Waals surface area (Å²) in [7, 11) is 3.99. The van der Waals surface area contributed by atoms with Crippen molar-refractivity contribution in [2.45, 2.75) is 26.3 Å². The van der Waals surface area contributed by atoms with Crippen molar-refractivity contribution < 1.29 is 9.18 Å². The molecule has 6 nitrogen and oxygen atoms in total. The Morgan fingerprint density at radius 2 is 2.00 bits per heavy atom. The Kier molecular flexibility index (Phi) is 7.51. The van der Waals surface area contributed by atoms with Gasteiger partial charge >= 0.3 is 0 Å². The van der Waals surface area contributed by atoms with E-state index in [4.69, 9.17) is 0 Å². The van der Waals surface area contributed by atoms with E-state index in [1.165, 1.54) is 23.5 Å². The van der Waals surface area contributed by atoms with Crippen molar-refractivity contribution in [2.24, 2.45) is 0 Å². The molecule has 0 aliphatic rings. The Morgan fingerprint density at radius 1 is 1.25 bits per heavy atom. The van der Waals surface area contributed by atoms with E-state index < -0.39 is 0 Å². The van der Waals surface area contributed by atoms with Crippen molar-refractivity contribution in [2.75, 3.05) is 32.1 Å². The predicted octanol–water partition coefficient (Wildman–Crippen LogP) is 4.23. The number of anilines is 1. The third kappa shape index (κ3) is 5.06. The molecule has 0 saturated heterocycles. The third-order valence-corrected chi connectivity index (χ3v) is 5.20. The third-order valence-electron chi connectivity index (χ3n) is 4.16. The molecule has 9 heteroatoms. The highest BCUT2D eigenvalue weighted by Crippen LogP contribution is 2.30. The summed E-state index contributed by atoms with van der Waals surface area (Å²) in [6.45, 7) is 5.40. The lowest BCUT2D eigenvalue weighted by Crippen LogP contribution is -2.33. The highest BCUT2D eigenvalue weighted by Gasteiger charge is 2.23.